The van der Waals surface area contributed by atoms with Crippen LogP contribution in [0, 0.1) is 11.3 Å². The van der Waals surface area contributed by atoms with Gasteiger partial charge in [0.05, 0.1) is 23.5 Å². The van der Waals surface area contributed by atoms with Gasteiger partial charge in [0.15, 0.2) is 5.16 Å². The first-order valence-electron chi connectivity index (χ1n) is 6.18. The first-order valence-corrected chi connectivity index (χ1v) is 7.54. The van der Waals surface area contributed by atoms with E-state index >= 15 is 0 Å². The van der Waals surface area contributed by atoms with Crippen molar-refractivity contribution in [1.82, 2.24) is 9.55 Å². The van der Waals surface area contributed by atoms with Crippen LogP contribution in [-0.2, 0) is 7.05 Å². The second-order valence-electron chi connectivity index (χ2n) is 4.14. The predicted octanol–water partition coefficient (Wildman–Crippen LogP) is 4.25. The third-order valence-corrected chi connectivity index (χ3v) is 3.96. The summed E-state index contributed by atoms with van der Waals surface area (Å²) in [6.45, 7) is 2.08. The molecule has 0 amide bonds. The van der Waals surface area contributed by atoms with E-state index in [1.807, 2.05) is 29.8 Å². The lowest BCUT2D eigenvalue weighted by Gasteiger charge is -2.03. The van der Waals surface area contributed by atoms with Crippen LogP contribution in [0.25, 0.3) is 11.6 Å². The van der Waals surface area contributed by atoms with Gasteiger partial charge in [-0.05, 0) is 29.5 Å². The zero-order valence-corrected chi connectivity index (χ0v) is 12.9. The highest BCUT2D eigenvalue weighted by Gasteiger charge is 2.07. The molecule has 0 aliphatic heterocycles. The molecule has 0 spiro atoms. The van der Waals surface area contributed by atoms with Gasteiger partial charge in [0.25, 0.3) is 0 Å². The fourth-order valence-electron chi connectivity index (χ4n) is 1.79. The van der Waals surface area contributed by atoms with Crippen LogP contribution in [0.5, 0.6) is 0 Å². The summed E-state index contributed by atoms with van der Waals surface area (Å²) in [6, 6.07) is 9.51. The number of nitriles is 1. The van der Waals surface area contributed by atoms with Gasteiger partial charge in [0.2, 0.25) is 0 Å². The fourth-order valence-corrected chi connectivity index (χ4v) is 2.66. The average molecular weight is 304 g/mol. The maximum absolute atomic E-state index is 9.34. The number of imidazole rings is 1. The molecule has 1 heterocycles. The molecule has 3 nitrogen and oxygen atoms in total. The maximum atomic E-state index is 9.34. The Morgan fingerprint density at radius 3 is 3.00 bits per heavy atom. The summed E-state index contributed by atoms with van der Waals surface area (Å²) in [5, 5.41) is 10.9. The second-order valence-corrected chi connectivity index (χ2v) is 5.81. The maximum Gasteiger partial charge on any atom is 0.168 e. The van der Waals surface area contributed by atoms with Crippen LogP contribution >= 0.6 is 23.4 Å². The summed E-state index contributed by atoms with van der Waals surface area (Å²) < 4.78 is 1.98. The van der Waals surface area contributed by atoms with Crippen LogP contribution in [0.2, 0.25) is 5.02 Å². The average Bonchev–Trinajstić information content (AvgIpc) is 2.78. The van der Waals surface area contributed by atoms with Gasteiger partial charge in [0, 0.05) is 12.1 Å². The third-order valence-electron chi connectivity index (χ3n) is 2.80. The van der Waals surface area contributed by atoms with E-state index in [4.69, 9.17) is 11.6 Å². The quantitative estimate of drug-likeness (QED) is 0.626. The topological polar surface area (TPSA) is 41.6 Å². The van der Waals surface area contributed by atoms with Crippen molar-refractivity contribution in [2.45, 2.75) is 12.1 Å². The van der Waals surface area contributed by atoms with E-state index < -0.39 is 0 Å². The molecule has 0 radical (unpaired) electrons. The minimum Gasteiger partial charge on any atom is -0.323 e. The molecule has 0 fully saturated rings. The molecule has 102 valence electrons. The van der Waals surface area contributed by atoms with E-state index in [0.29, 0.717) is 10.6 Å². The highest BCUT2D eigenvalue weighted by atomic mass is 35.5. The number of hydrogen-bond donors (Lipinski definition) is 0. The number of halogens is 1. The monoisotopic (exact) mass is 303 g/mol. The Bertz CT molecular complexity index is 683. The first kappa shape index (κ1) is 14.7. The second kappa shape index (κ2) is 6.65. The molecule has 0 N–H and O–H groups in total. The summed E-state index contributed by atoms with van der Waals surface area (Å²) in [5.41, 5.74) is 2.28. The molecule has 0 unspecified atom stereocenters. The molecule has 0 atom stereocenters. The standard InChI is InChI=1S/C15H14ClN3S/c1-3-20-15-18-10-14(19(15)2)8-12(9-17)11-5-4-6-13(16)7-11/h4-8,10H,3H2,1-2H3. The van der Waals surface area contributed by atoms with E-state index in [1.165, 1.54) is 0 Å². The molecule has 2 aromatic rings. The Labute approximate surface area is 127 Å². The molecule has 2 rings (SSSR count). The highest BCUT2D eigenvalue weighted by Crippen LogP contribution is 2.23. The van der Waals surface area contributed by atoms with Crippen molar-refractivity contribution >= 4 is 35.0 Å². The van der Waals surface area contributed by atoms with Gasteiger partial charge < -0.3 is 4.57 Å². The minimum absolute atomic E-state index is 0.573. The largest absolute Gasteiger partial charge is 0.323 e. The number of aromatic nitrogens is 2. The number of allylic oxidation sites excluding steroid dienone is 1. The lowest BCUT2D eigenvalue weighted by molar-refractivity contribution is 0.783. The molecule has 0 aliphatic carbocycles. The SMILES string of the molecule is CCSc1ncc(C=C(C#N)c2cccc(Cl)c2)n1C. The molecule has 0 saturated carbocycles. The Morgan fingerprint density at radius 2 is 2.35 bits per heavy atom. The molecular formula is C15H14ClN3S. The van der Waals surface area contributed by atoms with Crippen LogP contribution < -0.4 is 0 Å². The van der Waals surface area contributed by atoms with Crippen molar-refractivity contribution in [3.63, 3.8) is 0 Å². The Morgan fingerprint density at radius 1 is 1.55 bits per heavy atom. The van der Waals surface area contributed by atoms with Gasteiger partial charge in [-0.2, -0.15) is 5.26 Å². The lowest BCUT2D eigenvalue weighted by atomic mass is 10.1. The number of hydrogen-bond acceptors (Lipinski definition) is 3. The van der Waals surface area contributed by atoms with Gasteiger partial charge in [0.1, 0.15) is 0 Å². The van der Waals surface area contributed by atoms with Crippen molar-refractivity contribution in [3.8, 4) is 6.07 Å². The fraction of sp³-hybridized carbons (Fsp3) is 0.200. The zero-order valence-electron chi connectivity index (χ0n) is 11.3. The summed E-state index contributed by atoms with van der Waals surface area (Å²) in [7, 11) is 1.95. The molecule has 1 aromatic heterocycles. The molecule has 20 heavy (non-hydrogen) atoms. The molecule has 5 heteroatoms. The zero-order chi connectivity index (χ0) is 14.5. The molecule has 0 saturated heterocycles. The van der Waals surface area contributed by atoms with Crippen molar-refractivity contribution in [3.05, 3.63) is 46.7 Å². The van der Waals surface area contributed by atoms with Gasteiger partial charge in [-0.25, -0.2) is 4.98 Å². The van der Waals surface area contributed by atoms with Crippen molar-refractivity contribution in [2.75, 3.05) is 5.75 Å². The number of thioether (sulfide) groups is 1. The normalized spacial score (nSPS) is 11.4. The van der Waals surface area contributed by atoms with E-state index in [1.54, 1.807) is 30.1 Å². The van der Waals surface area contributed by atoms with Crippen LogP contribution in [0.3, 0.4) is 0 Å². The van der Waals surface area contributed by atoms with E-state index in [-0.39, 0.29) is 0 Å². The molecule has 0 aliphatic rings. The number of nitrogens with zero attached hydrogens (tertiary/aromatic N) is 3. The van der Waals surface area contributed by atoms with Crippen molar-refractivity contribution in [2.24, 2.45) is 7.05 Å². The Kier molecular flexibility index (Phi) is 4.89. The van der Waals surface area contributed by atoms with E-state index in [9.17, 15) is 5.26 Å². The summed E-state index contributed by atoms with van der Waals surface area (Å²) in [4.78, 5) is 4.35. The van der Waals surface area contributed by atoms with Crippen LogP contribution in [-0.4, -0.2) is 15.3 Å². The van der Waals surface area contributed by atoms with Crippen LogP contribution in [0.1, 0.15) is 18.2 Å². The molecular weight excluding hydrogens is 290 g/mol. The van der Waals surface area contributed by atoms with E-state index in [0.717, 1.165) is 22.2 Å². The van der Waals surface area contributed by atoms with Crippen molar-refractivity contribution < 1.29 is 0 Å². The van der Waals surface area contributed by atoms with Gasteiger partial charge in [-0.3, -0.25) is 0 Å². The lowest BCUT2D eigenvalue weighted by Crippen LogP contribution is -1.94. The van der Waals surface area contributed by atoms with E-state index in [2.05, 4.69) is 18.0 Å². The van der Waals surface area contributed by atoms with Gasteiger partial charge in [-0.1, -0.05) is 42.4 Å². The summed E-state index contributed by atoms with van der Waals surface area (Å²) in [5.74, 6) is 0.966. The minimum atomic E-state index is 0.573. The third kappa shape index (κ3) is 3.24. The molecule has 0 bridgehead atoms. The highest BCUT2D eigenvalue weighted by molar-refractivity contribution is 7.99. The summed E-state index contributed by atoms with van der Waals surface area (Å²) >= 11 is 7.64. The summed E-state index contributed by atoms with van der Waals surface area (Å²) in [6.07, 6.45) is 3.61. The number of rotatable bonds is 4. The predicted molar refractivity (Wildman–Crippen MR) is 84.5 cm³/mol. The first-order chi connectivity index (χ1) is 9.65. The smallest absolute Gasteiger partial charge is 0.168 e. The van der Waals surface area contributed by atoms with Gasteiger partial charge >= 0.3 is 0 Å². The molecule has 1 aromatic carbocycles. The van der Waals surface area contributed by atoms with Crippen LogP contribution in [0.4, 0.5) is 0 Å². The van der Waals surface area contributed by atoms with Crippen molar-refractivity contribution in [1.29, 1.82) is 5.26 Å². The van der Waals surface area contributed by atoms with Gasteiger partial charge in [-0.15, -0.1) is 0 Å². The Balaban J connectivity index is 2.40. The Hall–Kier alpha value is -1.70. The number of benzene rings is 1. The van der Waals surface area contributed by atoms with Crippen LogP contribution in [0.15, 0.2) is 35.6 Å².